The van der Waals surface area contributed by atoms with E-state index in [0.29, 0.717) is 38.8 Å². The number of hydrogen-bond donors (Lipinski definition) is 1. The summed E-state index contributed by atoms with van der Waals surface area (Å²) in [6.45, 7) is 1.87. The standard InChI is InChI=1S/C21H29NO5/c1-26-18-5-2-4-15(12-18)13-22(14-19-6-3-11-27-19)20(23)16-7-9-17(10-8-16)21(24)25/h2,4-5,12,16-17,19H,3,6-11,13-14H2,1H3,(H,24,25). The first-order valence-electron chi connectivity index (χ1n) is 9.83. The Bertz CT molecular complexity index is 648. The number of nitrogens with zero attached hydrogens (tertiary/aromatic N) is 1. The van der Waals surface area contributed by atoms with Gasteiger partial charge in [0.2, 0.25) is 5.91 Å². The summed E-state index contributed by atoms with van der Waals surface area (Å²) in [6.07, 6.45) is 4.57. The van der Waals surface area contributed by atoms with E-state index in [9.17, 15) is 14.7 Å². The number of carbonyl (C=O) groups excluding carboxylic acids is 1. The molecule has 1 aromatic carbocycles. The molecule has 1 saturated heterocycles. The quantitative estimate of drug-likeness (QED) is 0.792. The molecule has 1 aliphatic carbocycles. The molecule has 1 atom stereocenters. The maximum atomic E-state index is 13.2. The summed E-state index contributed by atoms with van der Waals surface area (Å²) in [4.78, 5) is 26.3. The van der Waals surface area contributed by atoms with Gasteiger partial charge in [-0.15, -0.1) is 0 Å². The first-order chi connectivity index (χ1) is 13.1. The van der Waals surface area contributed by atoms with Gasteiger partial charge in [-0.3, -0.25) is 9.59 Å². The van der Waals surface area contributed by atoms with Gasteiger partial charge in [0.1, 0.15) is 5.75 Å². The van der Waals surface area contributed by atoms with Crippen LogP contribution in [0.4, 0.5) is 0 Å². The number of amides is 1. The highest BCUT2D eigenvalue weighted by Gasteiger charge is 2.33. The van der Waals surface area contributed by atoms with Gasteiger partial charge in [-0.2, -0.15) is 0 Å². The van der Waals surface area contributed by atoms with Crippen molar-refractivity contribution in [1.82, 2.24) is 4.90 Å². The lowest BCUT2D eigenvalue weighted by Gasteiger charge is -2.32. The molecule has 27 heavy (non-hydrogen) atoms. The lowest BCUT2D eigenvalue weighted by Crippen LogP contribution is -2.41. The third kappa shape index (κ3) is 5.22. The molecule has 0 radical (unpaired) electrons. The monoisotopic (exact) mass is 375 g/mol. The highest BCUT2D eigenvalue weighted by molar-refractivity contribution is 5.79. The summed E-state index contributed by atoms with van der Waals surface area (Å²) in [5.74, 6) is -0.240. The fourth-order valence-electron chi connectivity index (χ4n) is 4.10. The van der Waals surface area contributed by atoms with Crippen molar-refractivity contribution in [2.24, 2.45) is 11.8 Å². The van der Waals surface area contributed by atoms with Crippen molar-refractivity contribution in [2.45, 2.75) is 51.2 Å². The smallest absolute Gasteiger partial charge is 0.306 e. The van der Waals surface area contributed by atoms with Crippen LogP contribution in [-0.2, 0) is 20.9 Å². The molecule has 1 aliphatic heterocycles. The zero-order valence-electron chi connectivity index (χ0n) is 15.9. The molecule has 1 saturated carbocycles. The molecule has 148 valence electrons. The van der Waals surface area contributed by atoms with Gasteiger partial charge in [-0.25, -0.2) is 0 Å². The molecule has 1 aromatic rings. The van der Waals surface area contributed by atoms with Crippen LogP contribution in [0.2, 0.25) is 0 Å². The van der Waals surface area contributed by atoms with E-state index in [4.69, 9.17) is 9.47 Å². The average molecular weight is 375 g/mol. The van der Waals surface area contributed by atoms with E-state index in [1.165, 1.54) is 0 Å². The number of carboxylic acids is 1. The molecule has 2 aliphatic rings. The molecule has 0 bridgehead atoms. The van der Waals surface area contributed by atoms with E-state index in [-0.39, 0.29) is 23.8 Å². The van der Waals surface area contributed by atoms with E-state index < -0.39 is 5.97 Å². The van der Waals surface area contributed by atoms with Crippen LogP contribution in [0, 0.1) is 11.8 Å². The van der Waals surface area contributed by atoms with Gasteiger partial charge in [0.05, 0.1) is 19.1 Å². The Morgan fingerprint density at radius 2 is 1.93 bits per heavy atom. The Hall–Kier alpha value is -2.08. The lowest BCUT2D eigenvalue weighted by atomic mass is 9.81. The van der Waals surface area contributed by atoms with Gasteiger partial charge in [0.15, 0.2) is 0 Å². The molecule has 1 unspecified atom stereocenters. The third-order valence-corrected chi connectivity index (χ3v) is 5.69. The number of aliphatic carboxylic acids is 1. The predicted octanol–water partition coefficient (Wildman–Crippen LogP) is 3.09. The maximum absolute atomic E-state index is 13.2. The number of ether oxygens (including phenoxy) is 2. The minimum atomic E-state index is -0.742. The van der Waals surface area contributed by atoms with Crippen molar-refractivity contribution in [3.63, 3.8) is 0 Å². The number of carboxylic acid groups (broad SMARTS) is 1. The van der Waals surface area contributed by atoms with Crippen LogP contribution < -0.4 is 4.74 Å². The van der Waals surface area contributed by atoms with E-state index in [1.807, 2.05) is 29.2 Å². The third-order valence-electron chi connectivity index (χ3n) is 5.69. The summed E-state index contributed by atoms with van der Waals surface area (Å²) in [6, 6.07) is 7.78. The predicted molar refractivity (Wildman–Crippen MR) is 100 cm³/mol. The van der Waals surface area contributed by atoms with Crippen LogP contribution in [-0.4, -0.2) is 48.2 Å². The van der Waals surface area contributed by atoms with Crippen LogP contribution in [0.15, 0.2) is 24.3 Å². The first-order valence-corrected chi connectivity index (χ1v) is 9.83. The van der Waals surface area contributed by atoms with Crippen LogP contribution in [0.25, 0.3) is 0 Å². The molecule has 6 nitrogen and oxygen atoms in total. The number of benzene rings is 1. The van der Waals surface area contributed by atoms with E-state index in [0.717, 1.165) is 30.8 Å². The number of hydrogen-bond acceptors (Lipinski definition) is 4. The van der Waals surface area contributed by atoms with Crippen molar-refractivity contribution < 1.29 is 24.2 Å². The largest absolute Gasteiger partial charge is 0.497 e. The molecule has 1 heterocycles. The SMILES string of the molecule is COc1cccc(CN(CC2CCCO2)C(=O)C2CCC(C(=O)O)CC2)c1. The second-order valence-corrected chi connectivity index (χ2v) is 7.59. The average Bonchev–Trinajstić information content (AvgIpc) is 3.20. The summed E-state index contributed by atoms with van der Waals surface area (Å²) in [5.41, 5.74) is 1.03. The second kappa shape index (κ2) is 9.22. The fraction of sp³-hybridized carbons (Fsp3) is 0.619. The first kappa shape index (κ1) is 19.7. The number of carbonyl (C=O) groups is 2. The van der Waals surface area contributed by atoms with Gasteiger partial charge in [-0.1, -0.05) is 12.1 Å². The number of rotatable bonds is 7. The Labute approximate surface area is 160 Å². The normalized spacial score (nSPS) is 25.1. The Balaban J connectivity index is 1.68. The van der Waals surface area contributed by atoms with Gasteiger partial charge < -0.3 is 19.5 Å². The van der Waals surface area contributed by atoms with Gasteiger partial charge in [-0.05, 0) is 56.2 Å². The zero-order chi connectivity index (χ0) is 19.2. The Morgan fingerprint density at radius 3 is 2.56 bits per heavy atom. The van der Waals surface area contributed by atoms with Gasteiger partial charge in [0, 0.05) is 25.6 Å². The van der Waals surface area contributed by atoms with Crippen LogP contribution in [0.5, 0.6) is 5.75 Å². The maximum Gasteiger partial charge on any atom is 0.306 e. The zero-order valence-corrected chi connectivity index (χ0v) is 15.9. The highest BCUT2D eigenvalue weighted by atomic mass is 16.5. The molecule has 1 N–H and O–H groups in total. The minimum absolute atomic E-state index is 0.0902. The van der Waals surface area contributed by atoms with E-state index >= 15 is 0 Å². The van der Waals surface area contributed by atoms with E-state index in [1.54, 1.807) is 7.11 Å². The van der Waals surface area contributed by atoms with Crippen molar-refractivity contribution in [3.05, 3.63) is 29.8 Å². The Kier molecular flexibility index (Phi) is 6.72. The highest BCUT2D eigenvalue weighted by Crippen LogP contribution is 2.31. The molecular weight excluding hydrogens is 346 g/mol. The molecule has 2 fully saturated rings. The summed E-state index contributed by atoms with van der Waals surface area (Å²) < 4.78 is 11.1. The summed E-state index contributed by atoms with van der Waals surface area (Å²) in [5, 5.41) is 9.18. The lowest BCUT2D eigenvalue weighted by molar-refractivity contribution is -0.146. The Morgan fingerprint density at radius 1 is 1.19 bits per heavy atom. The molecule has 0 aromatic heterocycles. The molecule has 3 rings (SSSR count). The van der Waals surface area contributed by atoms with E-state index in [2.05, 4.69) is 0 Å². The van der Waals surface area contributed by atoms with Crippen molar-refractivity contribution in [2.75, 3.05) is 20.3 Å². The summed E-state index contributed by atoms with van der Waals surface area (Å²) in [7, 11) is 1.63. The summed E-state index contributed by atoms with van der Waals surface area (Å²) >= 11 is 0. The van der Waals surface area contributed by atoms with Crippen molar-refractivity contribution >= 4 is 11.9 Å². The molecule has 6 heteroatoms. The van der Waals surface area contributed by atoms with Crippen LogP contribution >= 0.6 is 0 Å². The second-order valence-electron chi connectivity index (χ2n) is 7.59. The molecule has 0 spiro atoms. The van der Waals surface area contributed by atoms with Crippen molar-refractivity contribution in [3.8, 4) is 5.75 Å². The van der Waals surface area contributed by atoms with Gasteiger partial charge in [0.25, 0.3) is 0 Å². The van der Waals surface area contributed by atoms with Crippen LogP contribution in [0.3, 0.4) is 0 Å². The van der Waals surface area contributed by atoms with Crippen molar-refractivity contribution in [1.29, 1.82) is 0 Å². The fourth-order valence-corrected chi connectivity index (χ4v) is 4.10. The minimum Gasteiger partial charge on any atom is -0.497 e. The van der Waals surface area contributed by atoms with Gasteiger partial charge >= 0.3 is 5.97 Å². The molecular formula is C21H29NO5. The molecule has 1 amide bonds. The van der Waals surface area contributed by atoms with Crippen LogP contribution in [0.1, 0.15) is 44.1 Å². The topological polar surface area (TPSA) is 76.1 Å². The number of methoxy groups -OCH3 is 1.